The Kier molecular flexibility index (Phi) is 5.82. The van der Waals surface area contributed by atoms with E-state index >= 15 is 0 Å². The SMILES string of the molecule is Cc1cc(C[C@@H]2COC[C@@H]2NC(=O)CN2CCN(c3ncccn3)CC2)on1. The lowest BCUT2D eigenvalue weighted by Crippen LogP contribution is -2.51. The number of aryl methyl sites for hydroxylation is 1. The third-order valence-corrected chi connectivity index (χ3v) is 5.26. The number of carbonyl (C=O) groups is 1. The maximum atomic E-state index is 12.5. The van der Waals surface area contributed by atoms with Gasteiger partial charge in [0, 0.05) is 57.0 Å². The number of anilines is 1. The second kappa shape index (κ2) is 8.66. The average Bonchev–Trinajstić information content (AvgIpc) is 3.32. The van der Waals surface area contributed by atoms with Gasteiger partial charge in [-0.3, -0.25) is 9.69 Å². The molecular formula is C19H26N6O3. The Morgan fingerprint density at radius 1 is 1.21 bits per heavy atom. The van der Waals surface area contributed by atoms with Crippen LogP contribution in [-0.2, 0) is 16.0 Å². The predicted molar refractivity (Wildman–Crippen MR) is 102 cm³/mol. The maximum Gasteiger partial charge on any atom is 0.234 e. The van der Waals surface area contributed by atoms with Gasteiger partial charge in [0.2, 0.25) is 11.9 Å². The lowest BCUT2D eigenvalue weighted by Gasteiger charge is -2.34. The van der Waals surface area contributed by atoms with E-state index in [-0.39, 0.29) is 17.9 Å². The molecule has 0 unspecified atom stereocenters. The van der Waals surface area contributed by atoms with Crippen LogP contribution < -0.4 is 10.2 Å². The van der Waals surface area contributed by atoms with Crippen LogP contribution in [0.4, 0.5) is 5.95 Å². The van der Waals surface area contributed by atoms with E-state index in [4.69, 9.17) is 9.26 Å². The summed E-state index contributed by atoms with van der Waals surface area (Å²) in [6, 6.07) is 3.76. The van der Waals surface area contributed by atoms with Gasteiger partial charge in [-0.2, -0.15) is 0 Å². The molecule has 2 atom stereocenters. The highest BCUT2D eigenvalue weighted by Crippen LogP contribution is 2.20. The zero-order chi connectivity index (χ0) is 19.3. The molecule has 9 nitrogen and oxygen atoms in total. The first kappa shape index (κ1) is 18.8. The lowest BCUT2D eigenvalue weighted by atomic mass is 9.98. The summed E-state index contributed by atoms with van der Waals surface area (Å²) in [5.74, 6) is 1.84. The zero-order valence-electron chi connectivity index (χ0n) is 16.1. The van der Waals surface area contributed by atoms with Crippen LogP contribution in [0.5, 0.6) is 0 Å². The van der Waals surface area contributed by atoms with Gasteiger partial charge in [-0.1, -0.05) is 5.16 Å². The van der Waals surface area contributed by atoms with Crippen molar-refractivity contribution < 1.29 is 14.1 Å². The van der Waals surface area contributed by atoms with Gasteiger partial charge in [-0.15, -0.1) is 0 Å². The van der Waals surface area contributed by atoms with E-state index < -0.39 is 0 Å². The lowest BCUT2D eigenvalue weighted by molar-refractivity contribution is -0.123. The molecule has 2 aliphatic rings. The molecule has 4 rings (SSSR count). The van der Waals surface area contributed by atoms with Crippen LogP contribution in [0.25, 0.3) is 0 Å². The van der Waals surface area contributed by atoms with Gasteiger partial charge >= 0.3 is 0 Å². The largest absolute Gasteiger partial charge is 0.379 e. The molecule has 9 heteroatoms. The quantitative estimate of drug-likeness (QED) is 0.756. The van der Waals surface area contributed by atoms with Crippen molar-refractivity contribution in [3.63, 3.8) is 0 Å². The number of hydrogen-bond acceptors (Lipinski definition) is 8. The third kappa shape index (κ3) is 4.66. The maximum absolute atomic E-state index is 12.5. The Balaban J connectivity index is 1.23. The summed E-state index contributed by atoms with van der Waals surface area (Å²) in [5, 5.41) is 7.07. The smallest absolute Gasteiger partial charge is 0.234 e. The van der Waals surface area contributed by atoms with Crippen molar-refractivity contribution in [3.05, 3.63) is 36.0 Å². The number of hydrogen-bond donors (Lipinski definition) is 1. The summed E-state index contributed by atoms with van der Waals surface area (Å²) >= 11 is 0. The van der Waals surface area contributed by atoms with E-state index in [0.717, 1.165) is 50.0 Å². The Hall–Kier alpha value is -2.52. The van der Waals surface area contributed by atoms with Crippen molar-refractivity contribution in [3.8, 4) is 0 Å². The molecule has 28 heavy (non-hydrogen) atoms. The number of aromatic nitrogens is 3. The average molecular weight is 386 g/mol. The van der Waals surface area contributed by atoms with E-state index in [2.05, 4.69) is 30.2 Å². The van der Waals surface area contributed by atoms with Gasteiger partial charge < -0.3 is 19.5 Å². The highest BCUT2D eigenvalue weighted by Gasteiger charge is 2.31. The van der Waals surface area contributed by atoms with E-state index in [9.17, 15) is 4.79 Å². The van der Waals surface area contributed by atoms with E-state index in [1.54, 1.807) is 12.4 Å². The molecule has 0 aromatic carbocycles. The molecule has 0 aliphatic carbocycles. The van der Waals surface area contributed by atoms with Crippen LogP contribution in [-0.4, -0.2) is 77.9 Å². The van der Waals surface area contributed by atoms with Gasteiger partial charge in [0.15, 0.2) is 0 Å². The molecule has 150 valence electrons. The second-order valence-corrected chi connectivity index (χ2v) is 7.42. The Morgan fingerprint density at radius 3 is 2.71 bits per heavy atom. The summed E-state index contributed by atoms with van der Waals surface area (Å²) in [5.41, 5.74) is 0.870. The van der Waals surface area contributed by atoms with Crippen LogP contribution in [0.3, 0.4) is 0 Å². The van der Waals surface area contributed by atoms with Crippen LogP contribution in [0, 0.1) is 12.8 Å². The van der Waals surface area contributed by atoms with Crippen molar-refractivity contribution in [2.75, 3.05) is 50.8 Å². The first-order valence-electron chi connectivity index (χ1n) is 9.71. The zero-order valence-corrected chi connectivity index (χ0v) is 16.1. The summed E-state index contributed by atoms with van der Waals surface area (Å²) in [6.07, 6.45) is 4.23. The predicted octanol–water partition coefficient (Wildman–Crippen LogP) is 0.269. The molecule has 1 amide bonds. The third-order valence-electron chi connectivity index (χ3n) is 5.26. The number of amides is 1. The number of ether oxygens (including phenoxy) is 1. The van der Waals surface area contributed by atoms with Crippen molar-refractivity contribution in [1.29, 1.82) is 0 Å². The second-order valence-electron chi connectivity index (χ2n) is 7.42. The fourth-order valence-corrected chi connectivity index (χ4v) is 3.75. The van der Waals surface area contributed by atoms with E-state index in [0.29, 0.717) is 19.8 Å². The van der Waals surface area contributed by atoms with Gasteiger partial charge in [-0.25, -0.2) is 9.97 Å². The normalized spacial score (nSPS) is 23.1. The van der Waals surface area contributed by atoms with Crippen LogP contribution >= 0.6 is 0 Å². The molecule has 0 radical (unpaired) electrons. The molecule has 2 fully saturated rings. The molecule has 0 saturated carbocycles. The topological polar surface area (TPSA) is 96.6 Å². The van der Waals surface area contributed by atoms with Crippen LogP contribution in [0.2, 0.25) is 0 Å². The molecule has 2 aromatic heterocycles. The van der Waals surface area contributed by atoms with Crippen LogP contribution in [0.15, 0.2) is 29.0 Å². The van der Waals surface area contributed by atoms with Crippen molar-refractivity contribution in [2.24, 2.45) is 5.92 Å². The number of piperazine rings is 1. The van der Waals surface area contributed by atoms with Gasteiger partial charge in [0.25, 0.3) is 0 Å². The van der Waals surface area contributed by atoms with Crippen molar-refractivity contribution in [2.45, 2.75) is 19.4 Å². The molecule has 0 bridgehead atoms. The fourth-order valence-electron chi connectivity index (χ4n) is 3.75. The molecule has 0 spiro atoms. The Morgan fingerprint density at radius 2 is 2.00 bits per heavy atom. The molecule has 2 saturated heterocycles. The molecule has 1 N–H and O–H groups in total. The summed E-state index contributed by atoms with van der Waals surface area (Å²) in [6.45, 7) is 6.73. The number of nitrogens with zero attached hydrogens (tertiary/aromatic N) is 5. The first-order chi connectivity index (χ1) is 13.7. The number of nitrogens with one attached hydrogen (secondary N) is 1. The number of rotatable bonds is 6. The molecule has 2 aromatic rings. The van der Waals surface area contributed by atoms with E-state index in [1.165, 1.54) is 0 Å². The highest BCUT2D eigenvalue weighted by atomic mass is 16.5. The van der Waals surface area contributed by atoms with Crippen LogP contribution in [0.1, 0.15) is 11.5 Å². The Labute approximate surface area is 164 Å². The van der Waals surface area contributed by atoms with Gasteiger partial charge in [0.1, 0.15) is 5.76 Å². The van der Waals surface area contributed by atoms with E-state index in [1.807, 2.05) is 19.1 Å². The number of carbonyl (C=O) groups excluding carboxylic acids is 1. The van der Waals surface area contributed by atoms with Gasteiger partial charge in [0.05, 0.1) is 31.5 Å². The standard InChI is InChI=1S/C19H26N6O3/c1-14-9-16(28-23-14)10-15-12-27-13-17(15)22-18(26)11-24-5-7-25(8-6-24)19-20-3-2-4-21-19/h2-4,9,15,17H,5-8,10-13H2,1H3,(H,22,26)/t15-,17+/m1/s1. The minimum absolute atomic E-state index is 0.0110. The summed E-state index contributed by atoms with van der Waals surface area (Å²) in [7, 11) is 0. The Bertz CT molecular complexity index is 775. The summed E-state index contributed by atoms with van der Waals surface area (Å²) < 4.78 is 10.9. The monoisotopic (exact) mass is 386 g/mol. The van der Waals surface area contributed by atoms with Crippen molar-refractivity contribution in [1.82, 2.24) is 25.3 Å². The first-order valence-corrected chi connectivity index (χ1v) is 9.71. The van der Waals surface area contributed by atoms with Gasteiger partial charge in [-0.05, 0) is 13.0 Å². The molecule has 4 heterocycles. The minimum Gasteiger partial charge on any atom is -0.379 e. The summed E-state index contributed by atoms with van der Waals surface area (Å²) in [4.78, 5) is 25.4. The molecular weight excluding hydrogens is 360 g/mol. The van der Waals surface area contributed by atoms with Crippen molar-refractivity contribution >= 4 is 11.9 Å². The fraction of sp³-hybridized carbons (Fsp3) is 0.579. The molecule has 2 aliphatic heterocycles. The minimum atomic E-state index is 0.0110. The highest BCUT2D eigenvalue weighted by molar-refractivity contribution is 5.78.